The third-order valence-electron chi connectivity index (χ3n) is 4.27. The van der Waals surface area contributed by atoms with E-state index in [1.165, 1.54) is 11.3 Å². The van der Waals surface area contributed by atoms with Gasteiger partial charge in [-0.15, -0.1) is 11.3 Å². The van der Waals surface area contributed by atoms with Gasteiger partial charge in [-0.25, -0.2) is 15.0 Å². The van der Waals surface area contributed by atoms with Crippen LogP contribution in [0.15, 0.2) is 53.9 Å². The Bertz CT molecular complexity index is 1020. The number of nitrogens with zero attached hydrogens (tertiary/aromatic N) is 4. The maximum Gasteiger partial charge on any atom is 0.222 e. The largest absolute Gasteiger partial charge is 0.510 e. The summed E-state index contributed by atoms with van der Waals surface area (Å²) in [5.41, 5.74) is 2.23. The molecule has 1 aliphatic rings. The third-order valence-corrected chi connectivity index (χ3v) is 5.38. The summed E-state index contributed by atoms with van der Waals surface area (Å²) in [7, 11) is 0. The summed E-state index contributed by atoms with van der Waals surface area (Å²) in [6, 6.07) is 9.19. The number of benzene rings is 1. The second-order valence-corrected chi connectivity index (χ2v) is 7.43. The van der Waals surface area contributed by atoms with Crippen LogP contribution in [0, 0.1) is 5.41 Å². The molecule has 0 amide bonds. The minimum atomic E-state index is 0.165. The number of rotatable bonds is 6. The lowest BCUT2D eigenvalue weighted by Gasteiger charge is -2.18. The van der Waals surface area contributed by atoms with Gasteiger partial charge in [0.05, 0.1) is 17.8 Å². The number of amidine groups is 1. The van der Waals surface area contributed by atoms with Gasteiger partial charge in [-0.1, -0.05) is 23.7 Å². The summed E-state index contributed by atoms with van der Waals surface area (Å²) in [6.07, 6.45) is 3.33. The molecule has 4 rings (SSSR count). The summed E-state index contributed by atoms with van der Waals surface area (Å²) in [6.45, 7) is 1.39. The van der Waals surface area contributed by atoms with Crippen LogP contribution in [-0.2, 0) is 0 Å². The maximum absolute atomic E-state index is 10.4. The van der Waals surface area contributed by atoms with Crippen molar-refractivity contribution in [3.05, 3.63) is 63.9 Å². The predicted octanol–water partition coefficient (Wildman–Crippen LogP) is 3.93. The summed E-state index contributed by atoms with van der Waals surface area (Å²) in [5, 5.41) is 25.2. The van der Waals surface area contributed by atoms with Gasteiger partial charge in [-0.2, -0.15) is 0 Å². The lowest BCUT2D eigenvalue weighted by molar-refractivity contribution is 0.354. The molecule has 0 saturated carbocycles. The van der Waals surface area contributed by atoms with Gasteiger partial charge in [-0.3, -0.25) is 5.41 Å². The van der Waals surface area contributed by atoms with E-state index in [1.807, 2.05) is 29.6 Å². The summed E-state index contributed by atoms with van der Waals surface area (Å²) in [4.78, 5) is 14.6. The zero-order chi connectivity index (χ0) is 19.5. The number of halogens is 1. The summed E-state index contributed by atoms with van der Waals surface area (Å²) >= 11 is 7.35. The van der Waals surface area contributed by atoms with Gasteiger partial charge < -0.3 is 15.3 Å². The van der Waals surface area contributed by atoms with Crippen LogP contribution in [0.5, 0.6) is 0 Å². The molecule has 3 N–H and O–H groups in total. The predicted molar refractivity (Wildman–Crippen MR) is 112 cm³/mol. The molecule has 0 spiro atoms. The Morgan fingerprint density at radius 3 is 2.71 bits per heavy atom. The van der Waals surface area contributed by atoms with Crippen molar-refractivity contribution in [1.82, 2.24) is 19.9 Å². The first-order valence-corrected chi connectivity index (χ1v) is 9.86. The van der Waals surface area contributed by atoms with Crippen molar-refractivity contribution in [2.45, 2.75) is 0 Å². The standard InChI is InChI=1S/C19H17ClN6OS/c20-13-4-2-12(3-5-13)14-11-28-18(25-14)16-15(27)10-26(17(16)21)9-8-24-19-22-6-1-7-23-19/h1-7,11,21,27H,8-10H2,(H,22,23,24). The minimum absolute atomic E-state index is 0.165. The van der Waals surface area contributed by atoms with E-state index < -0.39 is 0 Å². The van der Waals surface area contributed by atoms with Gasteiger partial charge in [0, 0.05) is 41.4 Å². The number of nitrogens with one attached hydrogen (secondary N) is 2. The molecule has 1 aliphatic heterocycles. The fraction of sp³-hybridized carbons (Fsp3) is 0.158. The van der Waals surface area contributed by atoms with Crippen LogP contribution in [0.1, 0.15) is 5.01 Å². The van der Waals surface area contributed by atoms with Crippen molar-refractivity contribution in [2.75, 3.05) is 25.0 Å². The second kappa shape index (κ2) is 7.95. The Hall–Kier alpha value is -2.97. The molecule has 28 heavy (non-hydrogen) atoms. The van der Waals surface area contributed by atoms with Gasteiger partial charge in [-0.05, 0) is 18.2 Å². The Balaban J connectivity index is 1.43. The number of anilines is 1. The molecule has 0 bridgehead atoms. The lowest BCUT2D eigenvalue weighted by Crippen LogP contribution is -2.31. The molecule has 3 heterocycles. The third kappa shape index (κ3) is 3.83. The smallest absolute Gasteiger partial charge is 0.222 e. The van der Waals surface area contributed by atoms with Crippen LogP contribution in [0.25, 0.3) is 16.8 Å². The van der Waals surface area contributed by atoms with Crippen LogP contribution in [-0.4, -0.2) is 50.4 Å². The maximum atomic E-state index is 10.4. The van der Waals surface area contributed by atoms with E-state index in [0.717, 1.165) is 11.3 Å². The highest BCUT2D eigenvalue weighted by Gasteiger charge is 2.30. The number of aliphatic hydroxyl groups is 1. The molecule has 0 fully saturated rings. The van der Waals surface area contributed by atoms with Crippen LogP contribution in [0.2, 0.25) is 5.02 Å². The first-order chi connectivity index (χ1) is 13.6. The van der Waals surface area contributed by atoms with Crippen molar-refractivity contribution >= 4 is 40.3 Å². The number of hydrogen-bond acceptors (Lipinski definition) is 7. The minimum Gasteiger partial charge on any atom is -0.510 e. The van der Waals surface area contributed by atoms with E-state index in [4.69, 9.17) is 17.0 Å². The topological polar surface area (TPSA) is 98.0 Å². The van der Waals surface area contributed by atoms with Gasteiger partial charge in [0.15, 0.2) is 0 Å². The zero-order valence-corrected chi connectivity index (χ0v) is 16.3. The molecule has 142 valence electrons. The fourth-order valence-electron chi connectivity index (χ4n) is 2.88. The molecular formula is C19H17ClN6OS. The Kier molecular flexibility index (Phi) is 5.23. The van der Waals surface area contributed by atoms with E-state index in [-0.39, 0.29) is 11.6 Å². The zero-order valence-electron chi connectivity index (χ0n) is 14.8. The molecular weight excluding hydrogens is 396 g/mol. The highest BCUT2D eigenvalue weighted by Crippen LogP contribution is 2.32. The van der Waals surface area contributed by atoms with E-state index in [2.05, 4.69) is 20.3 Å². The van der Waals surface area contributed by atoms with Crippen molar-refractivity contribution in [1.29, 1.82) is 5.41 Å². The molecule has 0 radical (unpaired) electrons. The van der Waals surface area contributed by atoms with Gasteiger partial charge in [0.2, 0.25) is 5.95 Å². The normalized spacial score (nSPS) is 14.0. The summed E-state index contributed by atoms with van der Waals surface area (Å²) < 4.78 is 0. The highest BCUT2D eigenvalue weighted by atomic mass is 35.5. The Labute approximate surface area is 170 Å². The fourth-order valence-corrected chi connectivity index (χ4v) is 3.91. The molecule has 1 aromatic carbocycles. The Morgan fingerprint density at radius 1 is 1.21 bits per heavy atom. The van der Waals surface area contributed by atoms with Crippen molar-refractivity contribution in [2.24, 2.45) is 0 Å². The number of hydrogen-bond donors (Lipinski definition) is 3. The molecule has 2 aromatic heterocycles. The molecule has 0 atom stereocenters. The summed E-state index contributed by atoms with van der Waals surface area (Å²) in [5.74, 6) is 0.974. The van der Waals surface area contributed by atoms with E-state index in [1.54, 1.807) is 23.4 Å². The van der Waals surface area contributed by atoms with E-state index in [0.29, 0.717) is 41.2 Å². The van der Waals surface area contributed by atoms with Crippen LogP contribution < -0.4 is 5.32 Å². The van der Waals surface area contributed by atoms with E-state index in [9.17, 15) is 5.11 Å². The van der Waals surface area contributed by atoms with Crippen LogP contribution >= 0.6 is 22.9 Å². The van der Waals surface area contributed by atoms with Crippen LogP contribution in [0.4, 0.5) is 5.95 Å². The van der Waals surface area contributed by atoms with Crippen molar-refractivity contribution < 1.29 is 5.11 Å². The lowest BCUT2D eigenvalue weighted by atomic mass is 10.2. The molecule has 0 saturated heterocycles. The second-order valence-electron chi connectivity index (χ2n) is 6.14. The average molecular weight is 413 g/mol. The first-order valence-electron chi connectivity index (χ1n) is 8.60. The van der Waals surface area contributed by atoms with Crippen molar-refractivity contribution in [3.63, 3.8) is 0 Å². The van der Waals surface area contributed by atoms with Gasteiger partial charge in [0.25, 0.3) is 0 Å². The average Bonchev–Trinajstić information content (AvgIpc) is 3.28. The quantitative estimate of drug-likeness (QED) is 0.567. The molecule has 0 aliphatic carbocycles. The molecule has 7 nitrogen and oxygen atoms in total. The number of aliphatic hydroxyl groups excluding tert-OH is 1. The molecule has 9 heteroatoms. The number of thiazole rings is 1. The monoisotopic (exact) mass is 412 g/mol. The van der Waals surface area contributed by atoms with Crippen molar-refractivity contribution in [3.8, 4) is 11.3 Å². The Morgan fingerprint density at radius 2 is 1.96 bits per heavy atom. The van der Waals surface area contributed by atoms with Crippen LogP contribution in [0.3, 0.4) is 0 Å². The number of aromatic nitrogens is 3. The molecule has 3 aromatic rings. The van der Waals surface area contributed by atoms with Gasteiger partial charge in [0.1, 0.15) is 16.6 Å². The SMILES string of the molecule is N=C1C(c2nc(-c3ccc(Cl)cc3)cs2)=C(O)CN1CCNc1ncccn1. The highest BCUT2D eigenvalue weighted by molar-refractivity contribution is 7.11. The van der Waals surface area contributed by atoms with Gasteiger partial charge >= 0.3 is 0 Å². The first kappa shape index (κ1) is 18.4. The molecule has 0 unspecified atom stereocenters. The van der Waals surface area contributed by atoms with E-state index >= 15 is 0 Å².